The zero-order valence-electron chi connectivity index (χ0n) is 12.8. The van der Waals surface area contributed by atoms with Gasteiger partial charge in [-0.05, 0) is 30.0 Å². The summed E-state index contributed by atoms with van der Waals surface area (Å²) in [5.74, 6) is 1.03. The Bertz CT molecular complexity index is 700. The molecule has 0 N–H and O–H groups in total. The molecule has 0 aromatic carbocycles. The molecule has 118 valence electrons. The Balaban J connectivity index is 1.51. The van der Waals surface area contributed by atoms with Crippen LogP contribution in [0.25, 0.3) is 0 Å². The Labute approximate surface area is 139 Å². The van der Waals surface area contributed by atoms with Crippen molar-refractivity contribution in [3.8, 4) is 6.07 Å². The van der Waals surface area contributed by atoms with Gasteiger partial charge in [0.2, 0.25) is 5.91 Å². The van der Waals surface area contributed by atoms with Crippen molar-refractivity contribution in [2.24, 2.45) is 0 Å². The highest BCUT2D eigenvalue weighted by Gasteiger charge is 2.21. The predicted octanol–water partition coefficient (Wildman–Crippen LogP) is 2.30. The van der Waals surface area contributed by atoms with E-state index >= 15 is 0 Å². The van der Waals surface area contributed by atoms with Gasteiger partial charge in [-0.1, -0.05) is 6.07 Å². The van der Waals surface area contributed by atoms with Gasteiger partial charge in [-0.2, -0.15) is 5.26 Å². The van der Waals surface area contributed by atoms with Crippen LogP contribution in [-0.2, 0) is 11.2 Å². The van der Waals surface area contributed by atoms with Gasteiger partial charge in [0, 0.05) is 43.7 Å². The van der Waals surface area contributed by atoms with Crippen LogP contribution in [0.4, 0.5) is 5.82 Å². The minimum absolute atomic E-state index is 0.219. The van der Waals surface area contributed by atoms with Crippen LogP contribution < -0.4 is 4.90 Å². The number of thiophene rings is 1. The van der Waals surface area contributed by atoms with E-state index < -0.39 is 0 Å². The minimum atomic E-state index is 0.219. The predicted molar refractivity (Wildman–Crippen MR) is 90.4 cm³/mol. The lowest BCUT2D eigenvalue weighted by atomic mass is 10.2. The molecule has 2 aromatic rings. The number of aromatic nitrogens is 1. The summed E-state index contributed by atoms with van der Waals surface area (Å²) in [5.41, 5.74) is 0.615. The first-order chi connectivity index (χ1) is 11.3. The molecule has 0 bridgehead atoms. The number of hydrogen-bond donors (Lipinski definition) is 0. The van der Waals surface area contributed by atoms with E-state index in [2.05, 4.69) is 22.0 Å². The van der Waals surface area contributed by atoms with E-state index in [-0.39, 0.29) is 5.91 Å². The number of amides is 1. The third-order valence-electron chi connectivity index (χ3n) is 4.00. The van der Waals surface area contributed by atoms with Crippen LogP contribution in [-0.4, -0.2) is 42.0 Å². The number of nitriles is 1. The Morgan fingerprint density at radius 3 is 2.83 bits per heavy atom. The zero-order chi connectivity index (χ0) is 16.1. The summed E-state index contributed by atoms with van der Waals surface area (Å²) in [6, 6.07) is 9.73. The molecule has 0 unspecified atom stereocenters. The fraction of sp³-hybridized carbons (Fsp3) is 0.353. The van der Waals surface area contributed by atoms with Gasteiger partial charge in [0.15, 0.2) is 0 Å². The van der Waals surface area contributed by atoms with Gasteiger partial charge < -0.3 is 9.80 Å². The molecule has 5 nitrogen and oxygen atoms in total. The quantitative estimate of drug-likeness (QED) is 0.865. The second-order valence-electron chi connectivity index (χ2n) is 5.46. The maximum absolute atomic E-state index is 12.3. The number of rotatable bonds is 4. The highest BCUT2D eigenvalue weighted by molar-refractivity contribution is 7.09. The third-order valence-corrected chi connectivity index (χ3v) is 4.93. The molecule has 0 aliphatic carbocycles. The van der Waals surface area contributed by atoms with Crippen LogP contribution in [0.5, 0.6) is 0 Å². The summed E-state index contributed by atoms with van der Waals surface area (Å²) in [4.78, 5) is 21.9. The van der Waals surface area contributed by atoms with Crippen LogP contribution in [0.3, 0.4) is 0 Å². The molecule has 2 aromatic heterocycles. The van der Waals surface area contributed by atoms with Gasteiger partial charge in [-0.15, -0.1) is 11.3 Å². The van der Waals surface area contributed by atoms with Gasteiger partial charge >= 0.3 is 0 Å². The molecule has 6 heteroatoms. The lowest BCUT2D eigenvalue weighted by molar-refractivity contribution is -0.131. The maximum atomic E-state index is 12.3. The number of carbonyl (C=O) groups excluding carboxylic acids is 1. The topological polar surface area (TPSA) is 60.2 Å². The fourth-order valence-electron chi connectivity index (χ4n) is 2.69. The molecule has 1 aliphatic rings. The molecule has 3 heterocycles. The number of hydrogen-bond acceptors (Lipinski definition) is 5. The molecule has 0 spiro atoms. The molecule has 23 heavy (non-hydrogen) atoms. The second kappa shape index (κ2) is 7.25. The smallest absolute Gasteiger partial charge is 0.223 e. The minimum Gasteiger partial charge on any atom is -0.353 e. The molecular formula is C17H18N4OS. The van der Waals surface area contributed by atoms with Crippen LogP contribution in [0, 0.1) is 11.3 Å². The first-order valence-electron chi connectivity index (χ1n) is 7.67. The van der Waals surface area contributed by atoms with Crippen LogP contribution in [0.2, 0.25) is 0 Å². The highest BCUT2D eigenvalue weighted by atomic mass is 32.1. The Kier molecular flexibility index (Phi) is 4.89. The standard InChI is InChI=1S/C17H18N4OS/c18-13-14-5-6-19-16(12-14)20-7-9-21(10-8-20)17(22)4-3-15-2-1-11-23-15/h1-2,5-6,11-12H,3-4,7-10H2. The van der Waals surface area contributed by atoms with Crippen LogP contribution in [0.15, 0.2) is 35.8 Å². The van der Waals surface area contributed by atoms with E-state index in [4.69, 9.17) is 5.26 Å². The third kappa shape index (κ3) is 3.88. The average Bonchev–Trinajstić information content (AvgIpc) is 3.13. The molecule has 1 fully saturated rings. The second-order valence-corrected chi connectivity index (χ2v) is 6.49. The lowest BCUT2D eigenvalue weighted by Gasteiger charge is -2.35. The SMILES string of the molecule is N#Cc1ccnc(N2CCN(C(=O)CCc3cccs3)CC2)c1. The van der Waals surface area contributed by atoms with E-state index in [0.717, 1.165) is 25.3 Å². The van der Waals surface area contributed by atoms with Crippen molar-refractivity contribution in [2.45, 2.75) is 12.8 Å². The van der Waals surface area contributed by atoms with Gasteiger partial charge in [0.1, 0.15) is 5.82 Å². The molecule has 1 amide bonds. The number of nitrogens with zero attached hydrogens (tertiary/aromatic N) is 4. The molecular weight excluding hydrogens is 308 g/mol. The molecule has 0 radical (unpaired) electrons. The normalized spacial score (nSPS) is 14.6. The lowest BCUT2D eigenvalue weighted by Crippen LogP contribution is -2.49. The van der Waals surface area contributed by atoms with Crippen molar-refractivity contribution in [3.63, 3.8) is 0 Å². The largest absolute Gasteiger partial charge is 0.353 e. The van der Waals surface area contributed by atoms with E-state index in [0.29, 0.717) is 25.1 Å². The molecule has 3 rings (SSSR count). The Hall–Kier alpha value is -2.39. The number of carbonyl (C=O) groups is 1. The first-order valence-corrected chi connectivity index (χ1v) is 8.55. The average molecular weight is 326 g/mol. The van der Waals surface area contributed by atoms with Crippen molar-refractivity contribution in [3.05, 3.63) is 46.3 Å². The first kappa shape index (κ1) is 15.5. The van der Waals surface area contributed by atoms with E-state index in [1.165, 1.54) is 4.88 Å². The van der Waals surface area contributed by atoms with Crippen molar-refractivity contribution in [1.82, 2.24) is 9.88 Å². The Morgan fingerprint density at radius 2 is 2.13 bits per heavy atom. The van der Waals surface area contributed by atoms with Crippen LogP contribution in [0.1, 0.15) is 16.9 Å². The van der Waals surface area contributed by atoms with Crippen molar-refractivity contribution < 1.29 is 4.79 Å². The summed E-state index contributed by atoms with van der Waals surface area (Å²) in [6.45, 7) is 2.93. The summed E-state index contributed by atoms with van der Waals surface area (Å²) in [5, 5.41) is 11.0. The molecule has 0 saturated carbocycles. The highest BCUT2D eigenvalue weighted by Crippen LogP contribution is 2.16. The maximum Gasteiger partial charge on any atom is 0.223 e. The summed E-state index contributed by atoms with van der Waals surface area (Å²) >= 11 is 1.70. The summed E-state index contributed by atoms with van der Waals surface area (Å²) < 4.78 is 0. The van der Waals surface area contributed by atoms with Gasteiger partial charge in [-0.3, -0.25) is 4.79 Å². The van der Waals surface area contributed by atoms with E-state index in [1.807, 2.05) is 16.3 Å². The number of aryl methyl sites for hydroxylation is 1. The van der Waals surface area contributed by atoms with Crippen molar-refractivity contribution in [1.29, 1.82) is 5.26 Å². The zero-order valence-corrected chi connectivity index (χ0v) is 13.6. The molecule has 0 atom stereocenters. The van der Waals surface area contributed by atoms with Gasteiger partial charge in [-0.25, -0.2) is 4.98 Å². The Morgan fingerprint density at radius 1 is 1.30 bits per heavy atom. The van der Waals surface area contributed by atoms with E-state index in [1.54, 1.807) is 29.7 Å². The monoisotopic (exact) mass is 326 g/mol. The number of piperazine rings is 1. The summed E-state index contributed by atoms with van der Waals surface area (Å²) in [7, 11) is 0. The summed E-state index contributed by atoms with van der Waals surface area (Å²) in [6.07, 6.45) is 3.05. The van der Waals surface area contributed by atoms with E-state index in [9.17, 15) is 4.79 Å². The number of anilines is 1. The van der Waals surface area contributed by atoms with Crippen LogP contribution >= 0.6 is 11.3 Å². The molecule has 1 aliphatic heterocycles. The van der Waals surface area contributed by atoms with Crippen molar-refractivity contribution in [2.75, 3.05) is 31.1 Å². The van der Waals surface area contributed by atoms with Crippen molar-refractivity contribution >= 4 is 23.1 Å². The van der Waals surface area contributed by atoms with Gasteiger partial charge in [0.25, 0.3) is 0 Å². The number of pyridine rings is 1. The van der Waals surface area contributed by atoms with Gasteiger partial charge in [0.05, 0.1) is 11.6 Å². The fourth-order valence-corrected chi connectivity index (χ4v) is 3.40. The molecule has 1 saturated heterocycles.